The van der Waals surface area contributed by atoms with Crippen molar-refractivity contribution < 1.29 is 42.5 Å². The number of terminal acetylenes is 1. The van der Waals surface area contributed by atoms with Gasteiger partial charge < -0.3 is 43.8 Å². The zero-order valence-corrected chi connectivity index (χ0v) is 39.9. The van der Waals surface area contributed by atoms with Gasteiger partial charge in [-0.25, -0.2) is 13.8 Å². The lowest BCUT2D eigenvalue weighted by atomic mass is 9.95. The minimum Gasteiger partial charge on any atom is -0.508 e. The Morgan fingerprint density at radius 3 is 2.45 bits per heavy atom. The molecule has 4 saturated heterocycles. The van der Waals surface area contributed by atoms with E-state index in [1.165, 1.54) is 31.4 Å². The van der Waals surface area contributed by atoms with Crippen LogP contribution in [-0.4, -0.2) is 151 Å². The number of aromatic nitrogens is 3. The van der Waals surface area contributed by atoms with E-state index >= 15 is 8.78 Å². The maximum absolute atomic E-state index is 17.3. The summed E-state index contributed by atoms with van der Waals surface area (Å²) in [4.78, 5) is 62.8. The van der Waals surface area contributed by atoms with Gasteiger partial charge in [0.05, 0.1) is 25.9 Å². The predicted octanol–water partition coefficient (Wildman–Crippen LogP) is 5.50. The monoisotopic (exact) mass is 969 g/mol. The van der Waals surface area contributed by atoms with Crippen LogP contribution in [0.15, 0.2) is 42.5 Å². The third-order valence-corrected chi connectivity index (χ3v) is 15.4. The number of piperazine rings is 1. The molecule has 18 heteroatoms. The summed E-state index contributed by atoms with van der Waals surface area (Å²) in [5.74, 6) is 0.961. The van der Waals surface area contributed by atoms with Crippen LogP contribution in [0.4, 0.5) is 20.3 Å². The van der Waals surface area contributed by atoms with Gasteiger partial charge in [-0.05, 0) is 91.8 Å². The summed E-state index contributed by atoms with van der Waals surface area (Å²) in [6, 6.07) is 10.9. The number of methoxy groups -OCH3 is 1. The maximum Gasteiger partial charge on any atom is 0.319 e. The number of nitrogens with zero attached hydrogens (tertiary/aromatic N) is 8. The number of piperidine rings is 2. The molecule has 3 aromatic carbocycles. The Morgan fingerprint density at radius 2 is 1.69 bits per heavy atom. The number of aromatic hydroxyl groups is 1. The number of amides is 3. The van der Waals surface area contributed by atoms with Crippen molar-refractivity contribution in [2.45, 2.75) is 57.5 Å². The Balaban J connectivity index is 0.735. The first-order valence-electron chi connectivity index (χ1n) is 24.8. The van der Waals surface area contributed by atoms with Crippen molar-refractivity contribution in [1.82, 2.24) is 35.0 Å². The molecule has 2 N–H and O–H groups in total. The SMILES string of the molecule is C#Cc1c(F)ccc2cc(O)cc(-c3nc(OC)c4c(N5CCCOCC5)nc(OCC5(CN6CCN(CC7CCN(c8ccc9c(c8)CN(C8CCC(=O)NC8=O)C9=O)CC7)CC6)CC5)nc4c3F)c12. The number of rotatable bonds is 12. The van der Waals surface area contributed by atoms with Crippen molar-refractivity contribution in [2.75, 3.05) is 102 Å². The van der Waals surface area contributed by atoms with E-state index in [1.54, 1.807) is 4.90 Å². The van der Waals surface area contributed by atoms with Crippen LogP contribution in [-0.2, 0) is 20.9 Å². The molecule has 0 spiro atoms. The van der Waals surface area contributed by atoms with Gasteiger partial charge in [-0.15, -0.1) is 6.42 Å². The summed E-state index contributed by atoms with van der Waals surface area (Å²) in [5, 5.41) is 14.0. The number of nitrogens with one attached hydrogen (secondary N) is 1. The van der Waals surface area contributed by atoms with E-state index < -0.39 is 23.6 Å². The highest BCUT2D eigenvalue weighted by molar-refractivity contribution is 6.06. The highest BCUT2D eigenvalue weighted by Crippen LogP contribution is 2.47. The van der Waals surface area contributed by atoms with Crippen molar-refractivity contribution in [3.05, 3.63) is 70.8 Å². The van der Waals surface area contributed by atoms with Crippen LogP contribution >= 0.6 is 0 Å². The quantitative estimate of drug-likeness (QED) is 0.119. The van der Waals surface area contributed by atoms with Gasteiger partial charge in [0.25, 0.3) is 5.91 Å². The Labute approximate surface area is 410 Å². The molecule has 0 bridgehead atoms. The molecule has 5 fully saturated rings. The van der Waals surface area contributed by atoms with E-state index in [0.717, 1.165) is 95.7 Å². The molecule has 3 amide bonds. The number of pyridine rings is 1. The molecule has 7 heterocycles. The Kier molecular flexibility index (Phi) is 12.6. The summed E-state index contributed by atoms with van der Waals surface area (Å²) in [5.41, 5.74) is 2.28. The van der Waals surface area contributed by atoms with E-state index in [4.69, 9.17) is 30.6 Å². The number of halogens is 2. The summed E-state index contributed by atoms with van der Waals surface area (Å²) in [6.45, 7) is 10.5. The average Bonchev–Trinajstić information content (AvgIpc) is 4.13. The zero-order valence-electron chi connectivity index (χ0n) is 39.9. The van der Waals surface area contributed by atoms with Crippen molar-refractivity contribution in [2.24, 2.45) is 11.3 Å². The van der Waals surface area contributed by atoms with Gasteiger partial charge in [0, 0.05) is 113 Å². The summed E-state index contributed by atoms with van der Waals surface area (Å²) in [6.07, 6.45) is 11.2. The van der Waals surface area contributed by atoms with Gasteiger partial charge in [0.15, 0.2) is 5.82 Å². The summed E-state index contributed by atoms with van der Waals surface area (Å²) < 4.78 is 50.5. The van der Waals surface area contributed by atoms with Crippen molar-refractivity contribution in [3.63, 3.8) is 0 Å². The molecule has 1 aliphatic carbocycles. The van der Waals surface area contributed by atoms with E-state index in [0.29, 0.717) is 68.6 Å². The van der Waals surface area contributed by atoms with Crippen molar-refractivity contribution in [3.8, 4) is 41.2 Å². The van der Waals surface area contributed by atoms with E-state index in [9.17, 15) is 19.5 Å². The molecule has 0 radical (unpaired) electrons. The molecular formula is C53H57F2N9O7. The first-order chi connectivity index (χ1) is 34.5. The van der Waals surface area contributed by atoms with Crippen LogP contribution in [0.2, 0.25) is 0 Å². The van der Waals surface area contributed by atoms with E-state index in [2.05, 4.69) is 37.0 Å². The van der Waals surface area contributed by atoms with Gasteiger partial charge in [0.2, 0.25) is 17.7 Å². The third kappa shape index (κ3) is 9.15. The van der Waals surface area contributed by atoms with Crippen LogP contribution in [0.1, 0.15) is 66.4 Å². The standard InChI is InChI=1S/C53H57F2N9O7/c1-3-37-40(54)8-5-33-26-36(65)27-39(43(33)37)46-45(55)47-44(50(57-46)69-2)48(63-15-4-23-70-24-22-63)59-52(58-47)71-31-53(13-14-53)30-61-20-18-60(19-21-61)28-32-11-16-62(17-12-32)35-6-7-38-34(25-35)29-64(51(38)68)41-9-10-42(66)56-49(41)67/h1,5-8,25-27,32,41,65H,4,9-24,28-31H2,2H3,(H,56,66,67). The second kappa shape index (κ2) is 19.2. The first-order valence-corrected chi connectivity index (χ1v) is 24.8. The molecule has 1 unspecified atom stereocenters. The number of benzene rings is 3. The van der Waals surface area contributed by atoms with Crippen LogP contribution in [0.3, 0.4) is 0 Å². The molecule has 5 aliphatic heterocycles. The largest absolute Gasteiger partial charge is 0.508 e. The molecule has 16 nitrogen and oxygen atoms in total. The van der Waals surface area contributed by atoms with Gasteiger partial charge >= 0.3 is 6.01 Å². The number of ether oxygens (including phenoxy) is 3. The summed E-state index contributed by atoms with van der Waals surface area (Å²) in [7, 11) is 1.43. The van der Waals surface area contributed by atoms with Crippen LogP contribution in [0.25, 0.3) is 32.9 Å². The molecule has 5 aromatic rings. The van der Waals surface area contributed by atoms with E-state index in [1.807, 2.05) is 17.0 Å². The predicted molar refractivity (Wildman–Crippen MR) is 261 cm³/mol. The van der Waals surface area contributed by atoms with Crippen LogP contribution in [0, 0.1) is 35.3 Å². The lowest BCUT2D eigenvalue weighted by Crippen LogP contribution is -2.52. The van der Waals surface area contributed by atoms with Crippen molar-refractivity contribution in [1.29, 1.82) is 0 Å². The van der Waals surface area contributed by atoms with Gasteiger partial charge in [-0.3, -0.25) is 19.7 Å². The smallest absolute Gasteiger partial charge is 0.319 e. The molecule has 71 heavy (non-hydrogen) atoms. The zero-order chi connectivity index (χ0) is 49.0. The fourth-order valence-electron chi connectivity index (χ4n) is 11.3. The maximum atomic E-state index is 17.3. The second-order valence-corrected chi connectivity index (χ2v) is 20.0. The highest BCUT2D eigenvalue weighted by atomic mass is 19.1. The Bertz CT molecular complexity index is 2980. The minimum absolute atomic E-state index is 0.0248. The number of hydrogen-bond donors (Lipinski definition) is 2. The topological polar surface area (TPSA) is 166 Å². The fraction of sp³-hybridized carbons (Fsp3) is 0.472. The number of phenolic OH excluding ortho intramolecular Hbond substituents is 1. The van der Waals surface area contributed by atoms with E-state index in [-0.39, 0.29) is 74.4 Å². The lowest BCUT2D eigenvalue weighted by molar-refractivity contribution is -0.136. The third-order valence-electron chi connectivity index (χ3n) is 15.4. The summed E-state index contributed by atoms with van der Waals surface area (Å²) >= 11 is 0. The number of hydrogen-bond acceptors (Lipinski definition) is 14. The molecule has 6 aliphatic rings. The number of carbonyl (C=O) groups excluding carboxylic acids is 3. The van der Waals surface area contributed by atoms with Crippen LogP contribution < -0.4 is 24.6 Å². The van der Waals surface area contributed by atoms with Gasteiger partial charge in [-0.1, -0.05) is 12.0 Å². The van der Waals surface area contributed by atoms with Gasteiger partial charge in [-0.2, -0.15) is 9.97 Å². The minimum atomic E-state index is -0.816. The average molecular weight is 970 g/mol. The molecule has 1 atom stereocenters. The Morgan fingerprint density at radius 1 is 0.887 bits per heavy atom. The number of imide groups is 1. The second-order valence-electron chi connectivity index (χ2n) is 20.0. The highest BCUT2D eigenvalue weighted by Gasteiger charge is 2.46. The molecule has 1 saturated carbocycles. The number of anilines is 2. The van der Waals surface area contributed by atoms with Crippen molar-refractivity contribution >= 4 is 50.9 Å². The lowest BCUT2D eigenvalue weighted by Gasteiger charge is -2.40. The fourth-order valence-corrected chi connectivity index (χ4v) is 11.3. The number of fused-ring (bicyclic) bond motifs is 3. The number of phenols is 1. The molecular weight excluding hydrogens is 913 g/mol. The van der Waals surface area contributed by atoms with Gasteiger partial charge in [0.1, 0.15) is 40.0 Å². The first kappa shape index (κ1) is 46.7. The Hall–Kier alpha value is -6.68. The van der Waals surface area contributed by atoms with Crippen LogP contribution in [0.5, 0.6) is 17.6 Å². The molecule has 11 rings (SSSR count). The molecule has 370 valence electrons. The number of carbonyl (C=O) groups is 3. The normalized spacial score (nSPS) is 21.1. The molecule has 2 aromatic heterocycles.